The van der Waals surface area contributed by atoms with Gasteiger partial charge in [-0.15, -0.1) is 0 Å². The fraction of sp³-hybridized carbons (Fsp3) is 0.0625. The van der Waals surface area contributed by atoms with Gasteiger partial charge in [-0.1, -0.05) is 11.6 Å². The highest BCUT2D eigenvalue weighted by molar-refractivity contribution is 6.30. The molecule has 0 saturated carbocycles. The highest BCUT2D eigenvalue weighted by Crippen LogP contribution is 2.16. The summed E-state index contributed by atoms with van der Waals surface area (Å²) in [4.78, 5) is 15.8. The molecule has 0 aliphatic carbocycles. The largest absolute Gasteiger partial charge is 0.854 e. The van der Waals surface area contributed by atoms with Crippen LogP contribution in [0.4, 0.5) is 5.69 Å². The Bertz CT molecular complexity index is 927. The lowest BCUT2D eigenvalue weighted by Crippen LogP contribution is -2.44. The molecule has 0 radical (unpaired) electrons. The van der Waals surface area contributed by atoms with Crippen LogP contribution in [0.3, 0.4) is 0 Å². The van der Waals surface area contributed by atoms with E-state index in [9.17, 15) is 9.90 Å². The lowest BCUT2D eigenvalue weighted by atomic mass is 10.3. The molecule has 0 saturated heterocycles. The number of aromatic amines is 1. The lowest BCUT2D eigenvalue weighted by Gasteiger charge is -2.04. The van der Waals surface area contributed by atoms with E-state index in [0.717, 1.165) is 0 Å². The van der Waals surface area contributed by atoms with Gasteiger partial charge in [0, 0.05) is 17.2 Å². The van der Waals surface area contributed by atoms with Crippen molar-refractivity contribution in [3.05, 3.63) is 69.7 Å². The Morgan fingerprint density at radius 1 is 1.21 bits per heavy atom. The standard InChI is InChI=1S/C16H12ClN3O4/c1-23-13-8-6-12(7-9-13)20-14(16(22)24-19-20)15(21)18-11-4-2-10(17)3-5-11/h2-9H,1H3,(H-,18,19,21,22). The number of methoxy groups -OCH3 is 1. The predicted molar refractivity (Wildman–Crippen MR) is 85.1 cm³/mol. The number of H-pyrrole nitrogens is 1. The molecule has 1 heterocycles. The molecule has 0 amide bonds. The number of aliphatic imine (C=N–C) groups is 1. The summed E-state index contributed by atoms with van der Waals surface area (Å²) in [5.41, 5.74) is -0.147. The van der Waals surface area contributed by atoms with Crippen molar-refractivity contribution in [2.45, 2.75) is 0 Å². The second-order valence-corrected chi connectivity index (χ2v) is 5.19. The first-order valence-electron chi connectivity index (χ1n) is 6.88. The Morgan fingerprint density at radius 3 is 2.50 bits per heavy atom. The van der Waals surface area contributed by atoms with Crippen molar-refractivity contribution in [2.75, 3.05) is 7.11 Å². The van der Waals surface area contributed by atoms with Crippen molar-refractivity contribution >= 4 is 23.2 Å². The first-order valence-corrected chi connectivity index (χ1v) is 7.26. The van der Waals surface area contributed by atoms with E-state index in [0.29, 0.717) is 22.1 Å². The molecular weight excluding hydrogens is 334 g/mol. The number of ether oxygens (including phenoxy) is 1. The van der Waals surface area contributed by atoms with Crippen molar-refractivity contribution in [1.29, 1.82) is 0 Å². The summed E-state index contributed by atoms with van der Waals surface area (Å²) in [6.07, 6.45) is 0. The highest BCUT2D eigenvalue weighted by Gasteiger charge is 2.23. The third-order valence-electron chi connectivity index (χ3n) is 3.24. The molecule has 0 aliphatic heterocycles. The van der Waals surface area contributed by atoms with Crippen molar-refractivity contribution in [1.82, 2.24) is 5.27 Å². The van der Waals surface area contributed by atoms with Gasteiger partial charge in [0.05, 0.1) is 18.7 Å². The van der Waals surface area contributed by atoms with E-state index in [-0.39, 0.29) is 5.69 Å². The van der Waals surface area contributed by atoms with Gasteiger partial charge in [-0.05, 0) is 46.4 Å². The summed E-state index contributed by atoms with van der Waals surface area (Å²) in [6.45, 7) is 0. The quantitative estimate of drug-likeness (QED) is 0.438. The van der Waals surface area contributed by atoms with Crippen LogP contribution in [-0.2, 0) is 0 Å². The van der Waals surface area contributed by atoms with Gasteiger partial charge in [0.2, 0.25) is 5.69 Å². The third kappa shape index (κ3) is 3.16. The zero-order chi connectivity index (χ0) is 17.1. The van der Waals surface area contributed by atoms with Gasteiger partial charge in [-0.3, -0.25) is 9.52 Å². The van der Waals surface area contributed by atoms with Crippen molar-refractivity contribution in [3.63, 3.8) is 0 Å². The molecule has 1 aromatic heterocycles. The first kappa shape index (κ1) is 15.8. The van der Waals surface area contributed by atoms with Gasteiger partial charge < -0.3 is 9.84 Å². The Balaban J connectivity index is 2.03. The summed E-state index contributed by atoms with van der Waals surface area (Å²) < 4.78 is 11.0. The molecule has 0 aliphatic rings. The minimum atomic E-state index is -0.812. The molecule has 24 heavy (non-hydrogen) atoms. The number of hydrogen-bond acceptors (Lipinski definition) is 5. The summed E-state index contributed by atoms with van der Waals surface area (Å²) in [5.74, 6) is -0.0907. The van der Waals surface area contributed by atoms with Gasteiger partial charge in [-0.25, -0.2) is 4.79 Å². The Hall–Kier alpha value is -3.06. The van der Waals surface area contributed by atoms with Crippen LogP contribution in [0.25, 0.3) is 5.69 Å². The normalized spacial score (nSPS) is 11.5. The van der Waals surface area contributed by atoms with Gasteiger partial charge >= 0.3 is 11.3 Å². The topological polar surface area (TPSA) is 94.5 Å². The van der Waals surface area contributed by atoms with Crippen LogP contribution < -0.4 is 20.2 Å². The maximum absolute atomic E-state index is 12.4. The van der Waals surface area contributed by atoms with Gasteiger partial charge in [0.1, 0.15) is 5.75 Å². The van der Waals surface area contributed by atoms with Crippen molar-refractivity contribution in [3.8, 4) is 11.4 Å². The molecule has 3 aromatic rings. The van der Waals surface area contributed by atoms with E-state index < -0.39 is 11.5 Å². The number of rotatable bonds is 4. The number of benzene rings is 2. The zero-order valence-electron chi connectivity index (χ0n) is 12.5. The number of hydrogen-bond donors (Lipinski definition) is 1. The molecular formula is C16H12ClN3O4. The summed E-state index contributed by atoms with van der Waals surface area (Å²) >= 11 is 5.79. The molecule has 0 fully saturated rings. The van der Waals surface area contributed by atoms with Gasteiger partial charge in [0.15, 0.2) is 0 Å². The first-order chi connectivity index (χ1) is 11.6. The number of aromatic nitrogens is 2. The summed E-state index contributed by atoms with van der Waals surface area (Å²) in [7, 11) is 1.54. The van der Waals surface area contributed by atoms with Crippen LogP contribution in [0.2, 0.25) is 5.02 Å². The van der Waals surface area contributed by atoms with E-state index in [1.807, 2.05) is 0 Å². The third-order valence-corrected chi connectivity index (χ3v) is 3.49. The van der Waals surface area contributed by atoms with E-state index in [1.165, 1.54) is 4.68 Å². The Morgan fingerprint density at radius 2 is 1.88 bits per heavy atom. The van der Waals surface area contributed by atoms with Crippen molar-refractivity contribution in [2.24, 2.45) is 4.99 Å². The van der Waals surface area contributed by atoms with Gasteiger partial charge in [-0.2, -0.15) is 0 Å². The van der Waals surface area contributed by atoms with E-state index in [1.54, 1.807) is 55.6 Å². The Labute approximate surface area is 141 Å². The SMILES string of the molecule is COc1ccc(-[n+]2[nH]oc(=O)c2C([O-])=Nc2ccc(Cl)cc2)cc1. The van der Waals surface area contributed by atoms with E-state index in [4.69, 9.17) is 20.9 Å². The number of halogens is 1. The van der Waals surface area contributed by atoms with Crippen LogP contribution in [0.1, 0.15) is 5.69 Å². The highest BCUT2D eigenvalue weighted by atomic mass is 35.5. The van der Waals surface area contributed by atoms with Crippen LogP contribution >= 0.6 is 11.6 Å². The monoisotopic (exact) mass is 345 g/mol. The molecule has 0 bridgehead atoms. The summed E-state index contributed by atoms with van der Waals surface area (Å²) in [6, 6.07) is 13.1. The molecule has 7 nitrogen and oxygen atoms in total. The Kier molecular flexibility index (Phi) is 4.35. The number of nitrogens with zero attached hydrogens (tertiary/aromatic N) is 2. The molecule has 8 heteroatoms. The number of nitrogens with one attached hydrogen (secondary N) is 1. The van der Waals surface area contributed by atoms with Crippen LogP contribution in [0.15, 0.2) is 62.8 Å². The molecule has 122 valence electrons. The molecule has 2 aromatic carbocycles. The van der Waals surface area contributed by atoms with Crippen LogP contribution in [-0.4, -0.2) is 18.3 Å². The van der Waals surface area contributed by atoms with Crippen LogP contribution in [0, 0.1) is 0 Å². The average molecular weight is 346 g/mol. The van der Waals surface area contributed by atoms with E-state index in [2.05, 4.69) is 10.3 Å². The predicted octanol–water partition coefficient (Wildman–Crippen LogP) is 1.35. The molecule has 0 atom stereocenters. The maximum atomic E-state index is 12.4. The molecule has 0 unspecified atom stereocenters. The summed E-state index contributed by atoms with van der Waals surface area (Å²) in [5, 5.41) is 15.3. The smallest absolute Gasteiger partial charge is 0.436 e. The van der Waals surface area contributed by atoms with E-state index >= 15 is 0 Å². The molecule has 0 spiro atoms. The molecule has 3 rings (SSSR count). The van der Waals surface area contributed by atoms with Crippen LogP contribution in [0.5, 0.6) is 5.75 Å². The lowest BCUT2D eigenvalue weighted by molar-refractivity contribution is -0.673. The second-order valence-electron chi connectivity index (χ2n) is 4.76. The zero-order valence-corrected chi connectivity index (χ0v) is 13.3. The van der Waals surface area contributed by atoms with Gasteiger partial charge in [0.25, 0.3) is 0 Å². The fourth-order valence-corrected chi connectivity index (χ4v) is 2.18. The molecule has 1 N–H and O–H groups in total. The van der Waals surface area contributed by atoms with Crippen molar-refractivity contribution < 1.29 is 19.0 Å². The average Bonchev–Trinajstić information content (AvgIpc) is 2.98. The maximum Gasteiger partial charge on any atom is 0.436 e. The minimum absolute atomic E-state index is 0.241. The second kappa shape index (κ2) is 6.59. The minimum Gasteiger partial charge on any atom is -0.854 e. The fourth-order valence-electron chi connectivity index (χ4n) is 2.05.